The van der Waals surface area contributed by atoms with E-state index in [4.69, 9.17) is 14.3 Å². The minimum atomic E-state index is 0.410. The molecule has 0 fully saturated rings. The van der Waals surface area contributed by atoms with Gasteiger partial charge in [-0.25, -0.2) is 0 Å². The summed E-state index contributed by atoms with van der Waals surface area (Å²) in [6.45, 7) is 4.91. The van der Waals surface area contributed by atoms with Gasteiger partial charge >= 0.3 is 0 Å². The van der Waals surface area contributed by atoms with Crippen LogP contribution in [0.1, 0.15) is 25.3 Å². The Hall–Kier alpha value is -3.93. The van der Waals surface area contributed by atoms with E-state index < -0.39 is 0 Å². The van der Waals surface area contributed by atoms with E-state index in [1.807, 2.05) is 79.2 Å². The van der Waals surface area contributed by atoms with E-state index in [0.29, 0.717) is 19.0 Å². The summed E-state index contributed by atoms with van der Waals surface area (Å²) in [7, 11) is 0. The molecule has 156 valence electrons. The van der Waals surface area contributed by atoms with E-state index in [0.717, 1.165) is 33.5 Å². The van der Waals surface area contributed by atoms with Gasteiger partial charge in [0.2, 0.25) is 12.3 Å². The van der Waals surface area contributed by atoms with Gasteiger partial charge in [0, 0.05) is 10.9 Å². The summed E-state index contributed by atoms with van der Waals surface area (Å²) in [5, 5.41) is 13.6. The van der Waals surface area contributed by atoms with Crippen molar-refractivity contribution >= 4 is 10.9 Å². The van der Waals surface area contributed by atoms with Crippen molar-refractivity contribution in [1.82, 2.24) is 20.0 Å². The van der Waals surface area contributed by atoms with Crippen molar-refractivity contribution in [3.05, 3.63) is 96.7 Å². The zero-order valence-electron chi connectivity index (χ0n) is 17.6. The molecule has 5 rings (SSSR count). The molecular weight excluding hydrogens is 388 g/mol. The SMILES string of the molecule is CC.c1ccc(COc2ccccc2-c2nn(Cc3nnco3)c3ccccc23)cc1. The van der Waals surface area contributed by atoms with E-state index in [9.17, 15) is 0 Å². The number of aromatic nitrogens is 4. The highest BCUT2D eigenvalue weighted by atomic mass is 16.5. The average molecular weight is 412 g/mol. The van der Waals surface area contributed by atoms with Crippen LogP contribution >= 0.6 is 0 Å². The Bertz CT molecular complexity index is 1230. The molecule has 0 atom stereocenters. The summed E-state index contributed by atoms with van der Waals surface area (Å²) in [5.41, 5.74) is 3.93. The van der Waals surface area contributed by atoms with Crippen LogP contribution in [0.2, 0.25) is 0 Å². The number of ether oxygens (including phenoxy) is 1. The third kappa shape index (κ3) is 4.48. The van der Waals surface area contributed by atoms with Crippen LogP contribution in [0.5, 0.6) is 5.75 Å². The first-order valence-electron chi connectivity index (χ1n) is 10.4. The molecule has 0 spiro atoms. The summed E-state index contributed by atoms with van der Waals surface area (Å²) < 4.78 is 13.3. The van der Waals surface area contributed by atoms with Gasteiger partial charge in [0.25, 0.3) is 0 Å². The van der Waals surface area contributed by atoms with Gasteiger partial charge in [0.15, 0.2) is 0 Å². The summed E-state index contributed by atoms with van der Waals surface area (Å²) >= 11 is 0. The van der Waals surface area contributed by atoms with Crippen molar-refractivity contribution in [2.45, 2.75) is 27.0 Å². The van der Waals surface area contributed by atoms with Crippen molar-refractivity contribution in [3.63, 3.8) is 0 Å². The van der Waals surface area contributed by atoms with E-state index in [1.165, 1.54) is 6.39 Å². The molecule has 0 N–H and O–H groups in total. The first-order chi connectivity index (χ1) is 15.4. The first-order valence-corrected chi connectivity index (χ1v) is 10.4. The van der Waals surface area contributed by atoms with Gasteiger partial charge in [-0.3, -0.25) is 4.68 Å². The molecule has 0 unspecified atom stereocenters. The molecule has 5 aromatic rings. The normalized spacial score (nSPS) is 10.5. The Labute approximate surface area is 181 Å². The number of benzene rings is 3. The quantitative estimate of drug-likeness (QED) is 0.356. The molecule has 0 aliphatic heterocycles. The highest BCUT2D eigenvalue weighted by molar-refractivity contribution is 5.94. The topological polar surface area (TPSA) is 66.0 Å². The van der Waals surface area contributed by atoms with Crippen LogP contribution in [0.4, 0.5) is 0 Å². The second kappa shape index (κ2) is 9.71. The van der Waals surface area contributed by atoms with Gasteiger partial charge in [-0.1, -0.05) is 74.5 Å². The number of nitrogens with zero attached hydrogens (tertiary/aromatic N) is 4. The molecule has 0 bridgehead atoms. The minimum absolute atomic E-state index is 0.410. The third-order valence-electron chi connectivity index (χ3n) is 4.73. The van der Waals surface area contributed by atoms with E-state index >= 15 is 0 Å². The molecular formula is C25H24N4O2. The maximum Gasteiger partial charge on any atom is 0.237 e. The molecule has 6 heteroatoms. The summed E-state index contributed by atoms with van der Waals surface area (Å²) in [4.78, 5) is 0. The van der Waals surface area contributed by atoms with Crippen molar-refractivity contribution in [2.75, 3.05) is 0 Å². The smallest absolute Gasteiger partial charge is 0.237 e. The zero-order chi connectivity index (χ0) is 21.5. The molecule has 0 aliphatic rings. The predicted octanol–water partition coefficient (Wildman–Crippen LogP) is 5.74. The Morgan fingerprint density at radius 1 is 0.871 bits per heavy atom. The van der Waals surface area contributed by atoms with Crippen LogP contribution in [0, 0.1) is 0 Å². The molecule has 0 radical (unpaired) electrons. The van der Waals surface area contributed by atoms with Crippen molar-refractivity contribution in [3.8, 4) is 17.0 Å². The maximum absolute atomic E-state index is 6.15. The van der Waals surface area contributed by atoms with Crippen LogP contribution < -0.4 is 4.74 Å². The highest BCUT2D eigenvalue weighted by Crippen LogP contribution is 2.34. The van der Waals surface area contributed by atoms with E-state index in [-0.39, 0.29) is 0 Å². The Morgan fingerprint density at radius 2 is 1.61 bits per heavy atom. The number of para-hydroxylation sites is 2. The fraction of sp³-hybridized carbons (Fsp3) is 0.160. The van der Waals surface area contributed by atoms with Crippen LogP contribution in [-0.4, -0.2) is 20.0 Å². The van der Waals surface area contributed by atoms with Gasteiger partial charge in [-0.2, -0.15) is 5.10 Å². The standard InChI is InChI=1S/C23H18N4O2.C2H6/c1-2-8-17(9-3-1)15-28-21-13-7-5-11-19(21)23-18-10-4-6-12-20(18)27(26-23)14-22-25-24-16-29-22;1-2/h1-13,16H,14-15H2;1-2H3. The fourth-order valence-corrected chi connectivity index (χ4v) is 3.36. The second-order valence-corrected chi connectivity index (χ2v) is 6.63. The lowest BCUT2D eigenvalue weighted by Crippen LogP contribution is -2.02. The molecule has 2 heterocycles. The Kier molecular flexibility index (Phi) is 6.38. The van der Waals surface area contributed by atoms with Crippen LogP contribution in [0.25, 0.3) is 22.2 Å². The lowest BCUT2D eigenvalue weighted by molar-refractivity contribution is 0.307. The lowest BCUT2D eigenvalue weighted by Gasteiger charge is -2.10. The van der Waals surface area contributed by atoms with Gasteiger partial charge < -0.3 is 9.15 Å². The van der Waals surface area contributed by atoms with Crippen LogP contribution in [0.15, 0.2) is 89.7 Å². The number of fused-ring (bicyclic) bond motifs is 1. The van der Waals surface area contributed by atoms with Crippen molar-refractivity contribution in [1.29, 1.82) is 0 Å². The van der Waals surface area contributed by atoms with E-state index in [2.05, 4.69) is 28.4 Å². The number of hydrogen-bond donors (Lipinski definition) is 0. The summed E-state index contributed by atoms with van der Waals surface area (Å²) in [5.74, 6) is 1.31. The largest absolute Gasteiger partial charge is 0.488 e. The van der Waals surface area contributed by atoms with E-state index in [1.54, 1.807) is 0 Å². The Balaban J connectivity index is 0.00000112. The highest BCUT2D eigenvalue weighted by Gasteiger charge is 2.17. The van der Waals surface area contributed by atoms with Gasteiger partial charge in [0.05, 0.1) is 5.52 Å². The lowest BCUT2D eigenvalue weighted by atomic mass is 10.1. The molecule has 0 saturated heterocycles. The first kappa shape index (κ1) is 20.3. The summed E-state index contributed by atoms with van der Waals surface area (Å²) in [6, 6.07) is 26.2. The third-order valence-corrected chi connectivity index (χ3v) is 4.73. The van der Waals surface area contributed by atoms with Crippen LogP contribution in [0.3, 0.4) is 0 Å². The maximum atomic E-state index is 6.15. The molecule has 0 aliphatic carbocycles. The molecule has 0 saturated carbocycles. The number of hydrogen-bond acceptors (Lipinski definition) is 5. The summed E-state index contributed by atoms with van der Waals surface area (Å²) in [6.07, 6.45) is 1.33. The van der Waals surface area contributed by atoms with Gasteiger partial charge in [0.1, 0.15) is 24.6 Å². The van der Waals surface area contributed by atoms with Gasteiger partial charge in [-0.15, -0.1) is 10.2 Å². The van der Waals surface area contributed by atoms with Crippen molar-refractivity contribution < 1.29 is 9.15 Å². The monoisotopic (exact) mass is 412 g/mol. The molecule has 0 amide bonds. The predicted molar refractivity (Wildman–Crippen MR) is 121 cm³/mol. The average Bonchev–Trinajstić information content (AvgIpc) is 3.49. The minimum Gasteiger partial charge on any atom is -0.488 e. The molecule has 31 heavy (non-hydrogen) atoms. The molecule has 3 aromatic carbocycles. The van der Waals surface area contributed by atoms with Crippen LogP contribution in [-0.2, 0) is 13.2 Å². The zero-order valence-corrected chi connectivity index (χ0v) is 17.6. The number of rotatable bonds is 6. The fourth-order valence-electron chi connectivity index (χ4n) is 3.36. The molecule has 6 nitrogen and oxygen atoms in total. The second-order valence-electron chi connectivity index (χ2n) is 6.63. The Morgan fingerprint density at radius 3 is 2.42 bits per heavy atom. The van der Waals surface area contributed by atoms with Gasteiger partial charge in [-0.05, 0) is 23.8 Å². The molecule has 2 aromatic heterocycles. The van der Waals surface area contributed by atoms with Crippen molar-refractivity contribution in [2.24, 2.45) is 0 Å².